The van der Waals surface area contributed by atoms with E-state index < -0.39 is 33.8 Å². The minimum Gasteiger partial charge on any atom is -0.422 e. The van der Waals surface area contributed by atoms with Crippen LogP contribution in [0.2, 0.25) is 0 Å². The fourth-order valence-corrected chi connectivity index (χ4v) is 18.1. The van der Waals surface area contributed by atoms with Gasteiger partial charge in [0.2, 0.25) is 0 Å². The molecule has 764 valence electrons. The van der Waals surface area contributed by atoms with E-state index in [1.807, 2.05) is 61.6 Å². The Labute approximate surface area is 844 Å². The number of Topliss-reactive ketones (excluding diaryl/α,β-unsaturated/α-hetero) is 6. The van der Waals surface area contributed by atoms with Crippen molar-refractivity contribution in [2.45, 2.75) is 203 Å². The fraction of sp³-hybridized carbons (Fsp3) is 0.426. The van der Waals surface area contributed by atoms with E-state index in [0.29, 0.717) is 91.9 Å². The Hall–Kier alpha value is -14.6. The fourth-order valence-electron chi connectivity index (χ4n) is 18.1. The van der Waals surface area contributed by atoms with Gasteiger partial charge in [0.25, 0.3) is 0 Å². The van der Waals surface area contributed by atoms with Crippen molar-refractivity contribution in [3.63, 3.8) is 0 Å². The zero-order chi connectivity index (χ0) is 106. The number of nitrogens with zero attached hydrogens (tertiary/aromatic N) is 12. The van der Waals surface area contributed by atoms with Gasteiger partial charge < -0.3 is 55.9 Å². The normalized spacial score (nSPS) is 15.8. The Kier molecular flexibility index (Phi) is 34.6. The monoisotopic (exact) mass is 1970 g/mol. The van der Waals surface area contributed by atoms with Crippen LogP contribution >= 0.6 is 0 Å². The highest BCUT2D eigenvalue weighted by Crippen LogP contribution is 2.48. The van der Waals surface area contributed by atoms with E-state index in [1.54, 1.807) is 58.0 Å². The number of hydrogen-bond donors (Lipinski definition) is 0. The van der Waals surface area contributed by atoms with Crippen LogP contribution in [0.1, 0.15) is 237 Å². The van der Waals surface area contributed by atoms with Crippen LogP contribution in [0.25, 0.3) is 65.8 Å². The van der Waals surface area contributed by atoms with Crippen LogP contribution in [0.15, 0.2) is 200 Å². The summed E-state index contributed by atoms with van der Waals surface area (Å²) in [6.07, 6.45) is 13.7. The molecule has 0 atom stereocenters. The van der Waals surface area contributed by atoms with Crippen LogP contribution in [-0.4, -0.2) is 192 Å². The standard InChI is InChI=1S/C21H26N2O3.2C20H24N2O3.2C19H22N2O3.C16H18N2O3/c1-6-15(24)12-22-13(2)16-9-14-10-17-18(11-19(14)26-20(16)25)23(5)8-7-21(17,3)4;1-5-15(23)12-21-11-14-8-13-9-16-17(10-18(13)25-19(14)24)22(4)7-6-20(16,2)3;1-5-15(23)12-21-11-14-10-13-6-7-16-17(18(13)25-19(14)24)20(2,3)8-9-22(16)4;1-12(22)10-20-11-14-7-13-8-15-16(9-17(13)24-18(14)23)21(4)6-5-19(15,2)3;1-12(22)10-20-11-14-9-13-5-6-15-16(17(13)24-18(14)23)19(2,3)7-8-21(15)4;1-4-18(3)14-6-5-12-7-13(10-17-9-11(2)19)16(20)21-15(12)8-14/h9-11H,6-8,12H2,1-5H3;8-11H,5-7,12H2,1-4H3;6-7,10-11H,5,8-9,12H2,1-4H3;7-9,11H,5-6,10H2,1-4H3;5-6,9,11H,7-8,10H2,1-4H3;5-8,10H,4,9H2,1-3H3. The summed E-state index contributed by atoms with van der Waals surface area (Å²) in [6, 6.07) is 36.8. The maximum absolute atomic E-state index is 12.4. The second-order valence-corrected chi connectivity index (χ2v) is 41.4. The van der Waals surface area contributed by atoms with Crippen LogP contribution in [0.4, 0.5) is 34.1 Å². The summed E-state index contributed by atoms with van der Waals surface area (Å²) in [5.74, 6) is -0.0109. The molecule has 0 saturated heterocycles. The molecule has 0 spiro atoms. The van der Waals surface area contributed by atoms with Gasteiger partial charge in [-0.15, -0.1) is 0 Å². The first-order valence-electron chi connectivity index (χ1n) is 49.4. The second-order valence-electron chi connectivity index (χ2n) is 41.4. The van der Waals surface area contributed by atoms with E-state index in [2.05, 4.69) is 201 Å². The third-order valence-electron chi connectivity index (χ3n) is 27.7. The molecule has 0 N–H and O–H groups in total. The van der Waals surface area contributed by atoms with Gasteiger partial charge >= 0.3 is 33.8 Å². The molecule has 5 aliphatic rings. The van der Waals surface area contributed by atoms with Crippen LogP contribution in [0.5, 0.6) is 0 Å². The maximum atomic E-state index is 12.4. The molecular weight excluding hydrogens is 1840 g/mol. The van der Waals surface area contributed by atoms with E-state index in [1.165, 1.54) is 68.5 Å². The zero-order valence-corrected chi connectivity index (χ0v) is 88.2. The minimum atomic E-state index is -0.453. The van der Waals surface area contributed by atoms with Crippen LogP contribution in [0, 0.1) is 0 Å². The van der Waals surface area contributed by atoms with Gasteiger partial charge in [0.1, 0.15) is 33.5 Å². The van der Waals surface area contributed by atoms with Crippen LogP contribution in [-0.2, 0) is 55.8 Å². The average molecular weight is 1970 g/mol. The Morgan fingerprint density at radius 1 is 0.324 bits per heavy atom. The summed E-state index contributed by atoms with van der Waals surface area (Å²) in [5, 5.41) is 5.22. The summed E-state index contributed by atoms with van der Waals surface area (Å²) >= 11 is 0. The highest BCUT2D eigenvalue weighted by Gasteiger charge is 2.38. The molecule has 0 fully saturated rings. The number of aliphatic imine (C=N–C) groups is 6. The summed E-state index contributed by atoms with van der Waals surface area (Å²) in [7, 11) is 12.3. The molecule has 0 aliphatic carbocycles. The lowest BCUT2D eigenvalue weighted by Gasteiger charge is -2.38. The lowest BCUT2D eigenvalue weighted by atomic mass is 9.77. The van der Waals surface area contributed by atoms with Gasteiger partial charge in [0.05, 0.1) is 72.6 Å². The Morgan fingerprint density at radius 3 is 0.945 bits per heavy atom. The van der Waals surface area contributed by atoms with Gasteiger partial charge in [-0.1, -0.05) is 90.0 Å². The van der Waals surface area contributed by atoms with Crippen molar-refractivity contribution in [3.8, 4) is 0 Å². The molecule has 12 aromatic rings. The predicted octanol–water partition coefficient (Wildman–Crippen LogP) is 18.4. The Morgan fingerprint density at radius 2 is 0.607 bits per heavy atom. The largest absolute Gasteiger partial charge is 0.422 e. The number of rotatable bonds is 23. The summed E-state index contributed by atoms with van der Waals surface area (Å²) in [6.45, 7) is 42.0. The molecule has 30 heteroatoms. The smallest absolute Gasteiger partial charge is 0.345 e. The summed E-state index contributed by atoms with van der Waals surface area (Å²) < 4.78 is 33.3. The van der Waals surface area contributed by atoms with Crippen LogP contribution in [0.3, 0.4) is 0 Å². The molecule has 11 heterocycles. The molecule has 6 aromatic heterocycles. The third-order valence-corrected chi connectivity index (χ3v) is 27.7. The van der Waals surface area contributed by atoms with Gasteiger partial charge in [0, 0.05) is 239 Å². The molecule has 0 bridgehead atoms. The third kappa shape index (κ3) is 26.2. The van der Waals surface area contributed by atoms with Gasteiger partial charge in [0.15, 0.2) is 34.7 Å². The van der Waals surface area contributed by atoms with Crippen molar-refractivity contribution in [2.75, 3.05) is 150 Å². The van der Waals surface area contributed by atoms with Crippen molar-refractivity contribution >= 4 is 171 Å². The maximum Gasteiger partial charge on any atom is 0.345 e. The highest BCUT2D eigenvalue weighted by molar-refractivity contribution is 6.03. The quantitative estimate of drug-likeness (QED) is 0.0424. The van der Waals surface area contributed by atoms with Crippen LogP contribution < -0.4 is 63.2 Å². The molecule has 0 radical (unpaired) electrons. The molecular formula is C115H136N12O18. The van der Waals surface area contributed by atoms with Crippen molar-refractivity contribution in [1.82, 2.24) is 0 Å². The SMILES string of the molecule is CC(=O)CN=Cc1cc2cc3c(cc2oc1=O)N(C)CCC3(C)C.CC(=O)CN=Cc1cc2ccc3c(c2oc1=O)C(C)(C)CCN3C.CCC(=O)CN=C(C)c1cc2cc3c(cc2oc1=O)N(C)CCC3(C)C.CCC(=O)CN=Cc1cc2cc3c(cc2oc1=O)N(C)CCC3(C)C.CCC(=O)CN=Cc1cc2ccc3c(c2oc1=O)C(C)(C)CCN3C.CCN(C)c1ccc2cc(C=NCC(C)=O)c(=O)oc2c1. The molecule has 17 rings (SSSR count). The number of anilines is 6. The molecule has 145 heavy (non-hydrogen) atoms. The lowest BCUT2D eigenvalue weighted by molar-refractivity contribution is -0.118. The zero-order valence-electron chi connectivity index (χ0n) is 88.2. The Balaban J connectivity index is 0.000000155. The number of hydrogen-bond acceptors (Lipinski definition) is 30. The number of ketones is 6. The van der Waals surface area contributed by atoms with Crippen molar-refractivity contribution in [2.24, 2.45) is 30.0 Å². The summed E-state index contributed by atoms with van der Waals surface area (Å²) in [4.78, 5) is 178. The average Bonchev–Trinajstić information content (AvgIpc) is 0.739. The first kappa shape index (κ1) is 109. The molecule has 5 aliphatic heterocycles. The van der Waals surface area contributed by atoms with Gasteiger partial charge in [-0.25, -0.2) is 28.8 Å². The van der Waals surface area contributed by atoms with E-state index in [-0.39, 0.29) is 101 Å². The number of benzene rings is 6. The first-order valence-corrected chi connectivity index (χ1v) is 49.4. The van der Waals surface area contributed by atoms with Gasteiger partial charge in [-0.3, -0.25) is 58.7 Å². The van der Waals surface area contributed by atoms with E-state index in [4.69, 9.17) is 26.5 Å². The molecule has 0 saturated carbocycles. The van der Waals surface area contributed by atoms with Crippen molar-refractivity contribution in [1.29, 1.82) is 0 Å². The molecule has 6 aromatic carbocycles. The van der Waals surface area contributed by atoms with Gasteiger partial charge in [-0.05, 0) is 201 Å². The summed E-state index contributed by atoms with van der Waals surface area (Å²) in [5.41, 5.74) is 16.4. The first-order chi connectivity index (χ1) is 68.4. The highest BCUT2D eigenvalue weighted by atomic mass is 16.4. The second kappa shape index (κ2) is 46.0. The number of carbonyl (C=O) groups is 6. The van der Waals surface area contributed by atoms with Crippen molar-refractivity contribution in [3.05, 3.63) is 239 Å². The minimum absolute atomic E-state index is 0.0419. The van der Waals surface area contributed by atoms with E-state index in [9.17, 15) is 57.5 Å². The number of fused-ring (bicyclic) bond motifs is 13. The number of carbonyl (C=O) groups excluding carboxylic acids is 6. The lowest BCUT2D eigenvalue weighted by Crippen LogP contribution is -2.35. The van der Waals surface area contributed by atoms with E-state index >= 15 is 0 Å². The molecule has 30 nitrogen and oxygen atoms in total. The van der Waals surface area contributed by atoms with E-state index in [0.717, 1.165) is 149 Å². The molecule has 0 unspecified atom stereocenters. The van der Waals surface area contributed by atoms with Gasteiger partial charge in [-0.2, -0.15) is 0 Å². The topological polar surface area (TPSA) is 377 Å². The molecule has 0 amide bonds. The Bertz CT molecular complexity index is 7520. The van der Waals surface area contributed by atoms with Crippen molar-refractivity contribution < 1.29 is 55.3 Å². The predicted molar refractivity (Wildman–Crippen MR) is 586 cm³/mol.